The molecule has 0 spiro atoms. The van der Waals surface area contributed by atoms with Crippen LogP contribution in [-0.4, -0.2) is 26.1 Å². The summed E-state index contributed by atoms with van der Waals surface area (Å²) in [6.07, 6.45) is 0.541. The topological polar surface area (TPSA) is 68.0 Å². The van der Waals surface area contributed by atoms with Crippen LogP contribution >= 0.6 is 15.9 Å². The average Bonchev–Trinajstić information content (AvgIpc) is 2.28. The molecule has 0 atom stereocenters. The fourth-order valence-corrected chi connectivity index (χ4v) is 1.37. The minimum Gasteiger partial charge on any atom is -0.481 e. The predicted octanol–water partition coefficient (Wildman–Crippen LogP) is 0.595. The normalized spacial score (nSPS) is 10.2. The number of carboxylic acid groups (broad SMARTS) is 1. The summed E-state index contributed by atoms with van der Waals surface area (Å²) in [5.74, 6) is -0.817. The summed E-state index contributed by atoms with van der Waals surface area (Å²) in [6, 6.07) is 0. The third-order valence-corrected chi connectivity index (χ3v) is 2.09. The Labute approximate surface area is 77.5 Å². The molecule has 0 aliphatic carbocycles. The molecule has 66 valence electrons. The molecule has 0 aromatic carbocycles. The molecule has 1 aromatic rings. The maximum atomic E-state index is 10.3. The van der Waals surface area contributed by atoms with Gasteiger partial charge in [0.2, 0.25) is 0 Å². The summed E-state index contributed by atoms with van der Waals surface area (Å²) in [5.41, 5.74) is 0.803. The number of hydrogen-bond acceptors (Lipinski definition) is 3. The molecule has 0 saturated heterocycles. The fourth-order valence-electron chi connectivity index (χ4n) is 0.842. The van der Waals surface area contributed by atoms with Crippen molar-refractivity contribution < 1.29 is 9.90 Å². The zero-order valence-electron chi connectivity index (χ0n) is 6.49. The molecule has 1 rings (SSSR count). The summed E-state index contributed by atoms with van der Waals surface area (Å²) >= 11 is 3.18. The Hall–Kier alpha value is -0.910. The van der Waals surface area contributed by atoms with Crippen molar-refractivity contribution in [3.05, 3.63) is 10.3 Å². The van der Waals surface area contributed by atoms with Gasteiger partial charge in [0, 0.05) is 13.5 Å². The lowest BCUT2D eigenvalue weighted by Gasteiger charge is -1.97. The van der Waals surface area contributed by atoms with Gasteiger partial charge in [-0.3, -0.25) is 9.48 Å². The Morgan fingerprint density at radius 1 is 1.75 bits per heavy atom. The van der Waals surface area contributed by atoms with Crippen molar-refractivity contribution in [1.82, 2.24) is 15.0 Å². The molecule has 0 radical (unpaired) electrons. The van der Waals surface area contributed by atoms with Crippen molar-refractivity contribution >= 4 is 21.9 Å². The first-order valence-electron chi connectivity index (χ1n) is 3.37. The first-order valence-corrected chi connectivity index (χ1v) is 4.16. The third-order valence-electron chi connectivity index (χ3n) is 1.47. The van der Waals surface area contributed by atoms with Crippen molar-refractivity contribution in [2.24, 2.45) is 7.05 Å². The summed E-state index contributed by atoms with van der Waals surface area (Å²) in [6.45, 7) is 0. The molecule has 1 aromatic heterocycles. The van der Waals surface area contributed by atoms with Crippen LogP contribution in [0, 0.1) is 0 Å². The minimum absolute atomic E-state index is 0.0970. The summed E-state index contributed by atoms with van der Waals surface area (Å²) in [7, 11) is 1.73. The van der Waals surface area contributed by atoms with E-state index in [4.69, 9.17) is 5.11 Å². The second-order valence-electron chi connectivity index (χ2n) is 2.34. The predicted molar refractivity (Wildman–Crippen MR) is 44.7 cm³/mol. The number of nitrogens with zero attached hydrogens (tertiary/aromatic N) is 3. The summed E-state index contributed by atoms with van der Waals surface area (Å²) in [4.78, 5) is 10.3. The van der Waals surface area contributed by atoms with E-state index >= 15 is 0 Å². The maximum absolute atomic E-state index is 10.3. The Morgan fingerprint density at radius 3 is 2.83 bits per heavy atom. The highest BCUT2D eigenvalue weighted by molar-refractivity contribution is 9.10. The Balaban J connectivity index is 2.68. The highest BCUT2D eigenvalue weighted by Gasteiger charge is 2.08. The Bertz CT molecular complexity index is 277. The van der Waals surface area contributed by atoms with Crippen LogP contribution in [0.4, 0.5) is 0 Å². The number of aryl methyl sites for hydroxylation is 1. The van der Waals surface area contributed by atoms with E-state index in [9.17, 15) is 4.79 Å². The van der Waals surface area contributed by atoms with Gasteiger partial charge in [0.15, 0.2) is 4.60 Å². The number of aromatic nitrogens is 3. The molecule has 0 bridgehead atoms. The zero-order chi connectivity index (χ0) is 9.14. The molecule has 0 aliphatic heterocycles. The number of rotatable bonds is 3. The maximum Gasteiger partial charge on any atom is 0.303 e. The van der Waals surface area contributed by atoms with Gasteiger partial charge in [0.05, 0.1) is 12.1 Å². The van der Waals surface area contributed by atoms with Crippen LogP contribution < -0.4 is 0 Å². The van der Waals surface area contributed by atoms with Gasteiger partial charge in [0.1, 0.15) is 0 Å². The molecular weight excluding hydrogens is 226 g/mol. The van der Waals surface area contributed by atoms with Gasteiger partial charge < -0.3 is 5.11 Å². The van der Waals surface area contributed by atoms with Crippen LogP contribution in [0.3, 0.4) is 0 Å². The molecule has 1 heterocycles. The molecular formula is C6H8BrN3O2. The lowest BCUT2D eigenvalue weighted by molar-refractivity contribution is -0.136. The van der Waals surface area contributed by atoms with E-state index < -0.39 is 5.97 Å². The fraction of sp³-hybridized carbons (Fsp3) is 0.500. The van der Waals surface area contributed by atoms with E-state index in [-0.39, 0.29) is 6.42 Å². The highest BCUT2D eigenvalue weighted by Crippen LogP contribution is 2.13. The SMILES string of the molecule is Cn1nnc(Br)c1CCC(=O)O. The number of halogens is 1. The minimum atomic E-state index is -0.817. The number of aliphatic carboxylic acids is 1. The molecule has 5 nitrogen and oxygen atoms in total. The van der Waals surface area contributed by atoms with Crippen molar-refractivity contribution in [2.45, 2.75) is 12.8 Å². The van der Waals surface area contributed by atoms with E-state index in [0.29, 0.717) is 11.0 Å². The van der Waals surface area contributed by atoms with Crippen molar-refractivity contribution in [1.29, 1.82) is 0 Å². The van der Waals surface area contributed by atoms with Crippen LogP contribution in [-0.2, 0) is 18.3 Å². The molecule has 0 aliphatic rings. The second-order valence-corrected chi connectivity index (χ2v) is 3.10. The first kappa shape index (κ1) is 9.18. The van der Waals surface area contributed by atoms with Gasteiger partial charge >= 0.3 is 5.97 Å². The molecule has 6 heteroatoms. The van der Waals surface area contributed by atoms with Gasteiger partial charge in [-0.1, -0.05) is 5.21 Å². The molecule has 12 heavy (non-hydrogen) atoms. The lowest BCUT2D eigenvalue weighted by atomic mass is 10.2. The van der Waals surface area contributed by atoms with Gasteiger partial charge in [-0.2, -0.15) is 0 Å². The van der Waals surface area contributed by atoms with Gasteiger partial charge in [0.25, 0.3) is 0 Å². The van der Waals surface area contributed by atoms with Crippen LogP contribution in [0.2, 0.25) is 0 Å². The standard InChI is InChI=1S/C6H8BrN3O2/c1-10-4(2-3-5(11)12)6(7)8-9-10/h2-3H2,1H3,(H,11,12). The average molecular weight is 234 g/mol. The Morgan fingerprint density at radius 2 is 2.42 bits per heavy atom. The number of carboxylic acids is 1. The zero-order valence-corrected chi connectivity index (χ0v) is 8.08. The van der Waals surface area contributed by atoms with E-state index in [1.54, 1.807) is 11.7 Å². The third kappa shape index (κ3) is 2.04. The van der Waals surface area contributed by atoms with Crippen molar-refractivity contribution in [3.63, 3.8) is 0 Å². The number of hydrogen-bond donors (Lipinski definition) is 1. The van der Waals surface area contributed by atoms with E-state index in [1.165, 1.54) is 0 Å². The Kier molecular flexibility index (Phi) is 2.80. The largest absolute Gasteiger partial charge is 0.481 e. The van der Waals surface area contributed by atoms with E-state index in [0.717, 1.165) is 5.69 Å². The summed E-state index contributed by atoms with van der Waals surface area (Å²) < 4.78 is 2.18. The second kappa shape index (κ2) is 3.66. The van der Waals surface area contributed by atoms with Gasteiger partial charge in [-0.15, -0.1) is 5.10 Å². The quantitative estimate of drug-likeness (QED) is 0.831. The van der Waals surface area contributed by atoms with Gasteiger partial charge in [-0.05, 0) is 15.9 Å². The summed E-state index contributed by atoms with van der Waals surface area (Å²) in [5, 5.41) is 15.9. The van der Waals surface area contributed by atoms with E-state index in [2.05, 4.69) is 26.2 Å². The molecule has 0 amide bonds. The highest BCUT2D eigenvalue weighted by atomic mass is 79.9. The van der Waals surface area contributed by atoms with Crippen molar-refractivity contribution in [2.75, 3.05) is 0 Å². The smallest absolute Gasteiger partial charge is 0.303 e. The van der Waals surface area contributed by atoms with Gasteiger partial charge in [-0.25, -0.2) is 0 Å². The van der Waals surface area contributed by atoms with Crippen molar-refractivity contribution in [3.8, 4) is 0 Å². The molecule has 1 N–H and O–H groups in total. The number of carbonyl (C=O) groups is 1. The van der Waals surface area contributed by atoms with Crippen LogP contribution in [0.25, 0.3) is 0 Å². The molecule has 0 saturated carbocycles. The monoisotopic (exact) mass is 233 g/mol. The van der Waals surface area contributed by atoms with Crippen LogP contribution in [0.1, 0.15) is 12.1 Å². The first-order chi connectivity index (χ1) is 5.61. The lowest BCUT2D eigenvalue weighted by Crippen LogP contribution is -2.03. The van der Waals surface area contributed by atoms with Crippen LogP contribution in [0.5, 0.6) is 0 Å². The molecule has 0 unspecified atom stereocenters. The van der Waals surface area contributed by atoms with Crippen LogP contribution in [0.15, 0.2) is 4.60 Å². The molecule has 0 fully saturated rings. The van der Waals surface area contributed by atoms with E-state index in [1.807, 2.05) is 0 Å².